The SMILES string of the molecule is CC(C)(C)c1ccc([NH+](c2ccc(C(=O)/C=C(\OB(F)F)c3ccc(-c4ccc(C(=O)O)cc4)cc3)cc2)c2ccc(C(C)(C)C)cc2)cc1. The molecule has 0 fully saturated rings. The molecule has 5 aromatic rings. The van der Waals surface area contributed by atoms with Crippen LogP contribution in [0, 0.1) is 0 Å². The molecule has 50 heavy (non-hydrogen) atoms. The molecule has 0 heterocycles. The highest BCUT2D eigenvalue weighted by Gasteiger charge is 2.24. The molecule has 0 unspecified atom stereocenters. The van der Waals surface area contributed by atoms with E-state index in [1.54, 1.807) is 48.5 Å². The lowest BCUT2D eigenvalue weighted by Gasteiger charge is -2.23. The summed E-state index contributed by atoms with van der Waals surface area (Å²) in [5, 5.41) is 9.15. The number of carbonyl (C=O) groups is 2. The number of nitrogens with one attached hydrogen (secondary N) is 1. The number of carboxylic acids is 1. The summed E-state index contributed by atoms with van der Waals surface area (Å²) in [6.45, 7) is 13.1. The van der Waals surface area contributed by atoms with Crippen LogP contribution >= 0.6 is 0 Å². The van der Waals surface area contributed by atoms with Crippen LogP contribution in [0.25, 0.3) is 16.9 Å². The van der Waals surface area contributed by atoms with Crippen molar-refractivity contribution in [2.45, 2.75) is 52.4 Å². The van der Waals surface area contributed by atoms with Gasteiger partial charge >= 0.3 is 13.4 Å². The van der Waals surface area contributed by atoms with Gasteiger partial charge in [-0.15, -0.1) is 0 Å². The van der Waals surface area contributed by atoms with Crippen molar-refractivity contribution in [3.8, 4) is 11.1 Å². The van der Waals surface area contributed by atoms with Gasteiger partial charge in [0.15, 0.2) is 5.78 Å². The van der Waals surface area contributed by atoms with E-state index in [-0.39, 0.29) is 22.2 Å². The zero-order valence-corrected chi connectivity index (χ0v) is 29.1. The second-order valence-electron chi connectivity index (χ2n) is 14.3. The Labute approximate surface area is 293 Å². The predicted octanol–water partition coefficient (Wildman–Crippen LogP) is 9.99. The van der Waals surface area contributed by atoms with Crippen LogP contribution in [0.4, 0.5) is 25.7 Å². The number of hydrogen-bond donors (Lipinski definition) is 2. The number of carbonyl (C=O) groups excluding carboxylic acids is 1. The highest BCUT2D eigenvalue weighted by Crippen LogP contribution is 2.28. The van der Waals surface area contributed by atoms with Gasteiger partial charge in [-0.1, -0.05) is 102 Å². The highest BCUT2D eigenvalue weighted by molar-refractivity contribution is 6.36. The van der Waals surface area contributed by atoms with Crippen molar-refractivity contribution in [2.24, 2.45) is 0 Å². The van der Waals surface area contributed by atoms with Crippen LogP contribution in [0.5, 0.6) is 0 Å². The Morgan fingerprint density at radius 3 is 1.30 bits per heavy atom. The number of ketones is 1. The Morgan fingerprint density at radius 2 is 0.940 bits per heavy atom. The number of aromatic carboxylic acids is 1. The van der Waals surface area contributed by atoms with Crippen molar-refractivity contribution in [3.63, 3.8) is 0 Å². The maximum atomic E-state index is 13.5. The summed E-state index contributed by atoms with van der Waals surface area (Å²) >= 11 is 0. The van der Waals surface area contributed by atoms with Crippen molar-refractivity contribution in [3.05, 3.63) is 155 Å². The Kier molecular flexibility index (Phi) is 10.5. The summed E-state index contributed by atoms with van der Waals surface area (Å²) in [5.41, 5.74) is 7.73. The quantitative estimate of drug-likeness (QED) is 0.0671. The number of quaternary nitrogens is 1. The molecule has 2 N–H and O–H groups in total. The Balaban J connectivity index is 1.44. The minimum atomic E-state index is -3.13. The van der Waals surface area contributed by atoms with E-state index in [4.69, 9.17) is 9.76 Å². The standard InChI is InChI=1S/C42H40BF2NO4/c1-41(2,3)33-17-23-36(24-18-33)46(37-25-19-34(20-26-37)42(4,5)6)35-21-15-30(16-22-35)38(47)27-39(50-43(44)45)31-11-7-28(8-12-31)29-9-13-32(14-10-29)40(48)49/h7-27H,1-6H3,(H,48,49)/p+1/b39-27-. The minimum absolute atomic E-state index is 0.00723. The van der Waals surface area contributed by atoms with Gasteiger partial charge in [0, 0.05) is 53.6 Å². The van der Waals surface area contributed by atoms with E-state index < -0.39 is 19.2 Å². The molecule has 0 saturated carbocycles. The molecule has 0 atom stereocenters. The van der Waals surface area contributed by atoms with Gasteiger partial charge in [0.25, 0.3) is 0 Å². The molecular weight excluding hydrogens is 631 g/mol. The van der Waals surface area contributed by atoms with E-state index in [1.807, 2.05) is 12.1 Å². The summed E-state index contributed by atoms with van der Waals surface area (Å²) in [4.78, 5) is 25.6. The van der Waals surface area contributed by atoms with Gasteiger partial charge in [-0.25, -0.2) is 18.3 Å². The second-order valence-corrected chi connectivity index (χ2v) is 14.3. The van der Waals surface area contributed by atoms with Gasteiger partial charge in [0.05, 0.1) is 5.56 Å². The van der Waals surface area contributed by atoms with Crippen LogP contribution in [0.1, 0.15) is 78.9 Å². The Morgan fingerprint density at radius 1 is 0.580 bits per heavy atom. The summed E-state index contributed by atoms with van der Waals surface area (Å²) in [7, 11) is -3.13. The molecule has 0 aromatic heterocycles. The molecule has 0 aliphatic carbocycles. The third-order valence-corrected chi connectivity index (χ3v) is 8.65. The van der Waals surface area contributed by atoms with Crippen LogP contribution in [-0.4, -0.2) is 24.3 Å². The molecule has 0 bridgehead atoms. The van der Waals surface area contributed by atoms with E-state index in [2.05, 4.69) is 90.1 Å². The van der Waals surface area contributed by atoms with Crippen LogP contribution in [-0.2, 0) is 15.5 Å². The summed E-state index contributed by atoms with van der Waals surface area (Å²) in [5.74, 6) is -1.77. The van der Waals surface area contributed by atoms with Crippen molar-refractivity contribution in [2.75, 3.05) is 0 Å². The maximum absolute atomic E-state index is 13.5. The van der Waals surface area contributed by atoms with Gasteiger partial charge in [-0.3, -0.25) is 4.79 Å². The van der Waals surface area contributed by atoms with Gasteiger partial charge in [-0.2, -0.15) is 0 Å². The third-order valence-electron chi connectivity index (χ3n) is 8.65. The van der Waals surface area contributed by atoms with Crippen LogP contribution < -0.4 is 4.90 Å². The Bertz CT molecular complexity index is 1920. The van der Waals surface area contributed by atoms with Gasteiger partial charge in [0.1, 0.15) is 22.8 Å². The Hall–Kier alpha value is -5.34. The number of allylic oxidation sites excluding steroid dienone is 1. The molecular formula is C42H41BF2NO4+. The topological polar surface area (TPSA) is 68.0 Å². The highest BCUT2D eigenvalue weighted by atomic mass is 19.2. The van der Waals surface area contributed by atoms with E-state index in [0.717, 1.165) is 39.2 Å². The molecule has 0 amide bonds. The zero-order chi connectivity index (χ0) is 36.2. The monoisotopic (exact) mass is 672 g/mol. The maximum Gasteiger partial charge on any atom is 0.796 e. The molecule has 5 aromatic carbocycles. The minimum Gasteiger partial charge on any atom is -0.505 e. The lowest BCUT2D eigenvalue weighted by atomic mass is 9.86. The summed E-state index contributed by atoms with van der Waals surface area (Å²) < 4.78 is 31.8. The molecule has 0 radical (unpaired) electrons. The van der Waals surface area contributed by atoms with Crippen LogP contribution in [0.15, 0.2) is 127 Å². The van der Waals surface area contributed by atoms with E-state index in [9.17, 15) is 18.2 Å². The largest absolute Gasteiger partial charge is 0.796 e. The summed E-state index contributed by atoms with van der Waals surface area (Å²) in [6, 6.07) is 37.1. The molecule has 5 rings (SSSR count). The van der Waals surface area contributed by atoms with Crippen molar-refractivity contribution < 1.29 is 32.9 Å². The predicted molar refractivity (Wildman–Crippen MR) is 197 cm³/mol. The number of benzene rings is 5. The first kappa shape index (κ1) is 36.0. The summed E-state index contributed by atoms with van der Waals surface area (Å²) in [6.07, 6.45) is 1.08. The lowest BCUT2D eigenvalue weighted by molar-refractivity contribution is -0.681. The number of rotatable bonds is 10. The van der Waals surface area contributed by atoms with E-state index >= 15 is 0 Å². The molecule has 8 heteroatoms. The fourth-order valence-electron chi connectivity index (χ4n) is 5.69. The van der Waals surface area contributed by atoms with Crippen molar-refractivity contribution in [1.82, 2.24) is 0 Å². The van der Waals surface area contributed by atoms with Crippen molar-refractivity contribution >= 4 is 42.0 Å². The fourth-order valence-corrected chi connectivity index (χ4v) is 5.69. The van der Waals surface area contributed by atoms with Crippen LogP contribution in [0.2, 0.25) is 0 Å². The molecule has 0 aliphatic heterocycles. The van der Waals surface area contributed by atoms with Gasteiger partial charge in [0.2, 0.25) is 0 Å². The molecule has 0 aliphatic rings. The van der Waals surface area contributed by atoms with E-state index in [0.29, 0.717) is 11.1 Å². The number of carboxylic acid groups (broad SMARTS) is 1. The molecule has 5 nitrogen and oxygen atoms in total. The second kappa shape index (κ2) is 14.6. The smallest absolute Gasteiger partial charge is 0.505 e. The normalized spacial score (nSPS) is 12.1. The lowest BCUT2D eigenvalue weighted by Crippen LogP contribution is -2.96. The first-order valence-electron chi connectivity index (χ1n) is 16.4. The molecule has 254 valence electrons. The first-order chi connectivity index (χ1) is 23.6. The van der Waals surface area contributed by atoms with E-state index in [1.165, 1.54) is 23.3 Å². The average molecular weight is 673 g/mol. The third kappa shape index (κ3) is 8.63. The molecule has 0 spiro atoms. The number of halogens is 2. The van der Waals surface area contributed by atoms with Crippen molar-refractivity contribution in [1.29, 1.82) is 0 Å². The molecule has 0 saturated heterocycles. The van der Waals surface area contributed by atoms with Gasteiger partial charge < -0.3 is 9.76 Å². The average Bonchev–Trinajstić information content (AvgIpc) is 3.08. The first-order valence-corrected chi connectivity index (χ1v) is 16.4. The zero-order valence-electron chi connectivity index (χ0n) is 29.1. The van der Waals surface area contributed by atoms with Crippen LogP contribution in [0.3, 0.4) is 0 Å². The fraction of sp³-hybridized carbons (Fsp3) is 0.190. The van der Waals surface area contributed by atoms with Gasteiger partial charge in [-0.05, 0) is 57.3 Å². The number of hydrogen-bond acceptors (Lipinski definition) is 3.